The molecule has 0 spiro atoms. The predicted octanol–water partition coefficient (Wildman–Crippen LogP) is 1.16. The van der Waals surface area contributed by atoms with Gasteiger partial charge in [0.2, 0.25) is 0 Å². The van der Waals surface area contributed by atoms with Crippen molar-refractivity contribution < 1.29 is 9.59 Å². The molecule has 0 aliphatic carbocycles. The van der Waals surface area contributed by atoms with Crippen LogP contribution in [0.25, 0.3) is 0 Å². The number of amides is 1. The van der Waals surface area contributed by atoms with Crippen LogP contribution in [0.2, 0.25) is 0 Å². The summed E-state index contributed by atoms with van der Waals surface area (Å²) in [7, 11) is 0. The van der Waals surface area contributed by atoms with Gasteiger partial charge in [0.1, 0.15) is 4.88 Å². The number of carbonyl (C=O) groups is 2. The molecule has 1 rings (SSSR count). The Hall–Kier alpha value is -1.23. The zero-order valence-corrected chi connectivity index (χ0v) is 9.14. The standard InChI is InChI=1S/C9H12N2O2S/c1-5(6(2)12)11-9(13)8-4-10-7(3)14-8/h4-5H,1-3H3,(H,11,13). The maximum absolute atomic E-state index is 11.5. The molecule has 1 heterocycles. The molecule has 0 aliphatic rings. The lowest BCUT2D eigenvalue weighted by atomic mass is 10.2. The quantitative estimate of drug-likeness (QED) is 0.817. The highest BCUT2D eigenvalue weighted by Crippen LogP contribution is 2.11. The van der Waals surface area contributed by atoms with Gasteiger partial charge in [-0.15, -0.1) is 11.3 Å². The molecule has 14 heavy (non-hydrogen) atoms. The first-order chi connectivity index (χ1) is 6.50. The lowest BCUT2D eigenvalue weighted by Gasteiger charge is -2.08. The van der Waals surface area contributed by atoms with E-state index in [4.69, 9.17) is 0 Å². The molecule has 5 heteroatoms. The van der Waals surface area contributed by atoms with Crippen molar-refractivity contribution in [1.29, 1.82) is 0 Å². The molecule has 1 aromatic heterocycles. The minimum Gasteiger partial charge on any atom is -0.342 e. The molecule has 1 unspecified atom stereocenters. The number of hydrogen-bond donors (Lipinski definition) is 1. The third-order valence-corrected chi connectivity index (χ3v) is 2.71. The average molecular weight is 212 g/mol. The first-order valence-electron chi connectivity index (χ1n) is 4.24. The molecule has 1 N–H and O–H groups in total. The van der Waals surface area contributed by atoms with Crippen molar-refractivity contribution >= 4 is 23.0 Å². The van der Waals surface area contributed by atoms with Gasteiger partial charge in [0.25, 0.3) is 5.91 Å². The van der Waals surface area contributed by atoms with Crippen LogP contribution in [0.1, 0.15) is 28.5 Å². The molecule has 0 aliphatic heterocycles. The second kappa shape index (κ2) is 4.32. The highest BCUT2D eigenvalue weighted by Gasteiger charge is 2.14. The van der Waals surface area contributed by atoms with Gasteiger partial charge in [0.05, 0.1) is 17.2 Å². The Morgan fingerprint density at radius 3 is 2.64 bits per heavy atom. The highest BCUT2D eigenvalue weighted by atomic mass is 32.1. The minimum atomic E-state index is -0.440. The molecule has 0 saturated heterocycles. The number of ketones is 1. The van der Waals surface area contributed by atoms with Gasteiger partial charge in [-0.25, -0.2) is 4.98 Å². The largest absolute Gasteiger partial charge is 0.342 e. The van der Waals surface area contributed by atoms with Gasteiger partial charge in [-0.05, 0) is 20.8 Å². The summed E-state index contributed by atoms with van der Waals surface area (Å²) < 4.78 is 0. The monoisotopic (exact) mass is 212 g/mol. The zero-order valence-electron chi connectivity index (χ0n) is 8.33. The van der Waals surface area contributed by atoms with Crippen LogP contribution in [0.3, 0.4) is 0 Å². The fourth-order valence-corrected chi connectivity index (χ4v) is 1.52. The predicted molar refractivity (Wildman–Crippen MR) is 54.5 cm³/mol. The van der Waals surface area contributed by atoms with E-state index in [1.807, 2.05) is 6.92 Å². The van der Waals surface area contributed by atoms with Crippen LogP contribution < -0.4 is 5.32 Å². The summed E-state index contributed by atoms with van der Waals surface area (Å²) in [4.78, 5) is 26.9. The van der Waals surface area contributed by atoms with Gasteiger partial charge >= 0.3 is 0 Å². The van der Waals surface area contributed by atoms with E-state index in [-0.39, 0.29) is 11.7 Å². The summed E-state index contributed by atoms with van der Waals surface area (Å²) in [6.07, 6.45) is 1.52. The SMILES string of the molecule is CC(=O)C(C)NC(=O)c1cnc(C)s1. The second-order valence-electron chi connectivity index (χ2n) is 3.05. The van der Waals surface area contributed by atoms with Crippen LogP contribution in [0.5, 0.6) is 0 Å². The van der Waals surface area contributed by atoms with Crippen LogP contribution in [0.15, 0.2) is 6.20 Å². The second-order valence-corrected chi connectivity index (χ2v) is 4.28. The molecule has 0 radical (unpaired) electrons. The number of aromatic nitrogens is 1. The van der Waals surface area contributed by atoms with E-state index >= 15 is 0 Å². The fourth-order valence-electron chi connectivity index (χ4n) is 0.836. The summed E-state index contributed by atoms with van der Waals surface area (Å²) >= 11 is 1.32. The lowest BCUT2D eigenvalue weighted by Crippen LogP contribution is -2.36. The number of Topliss-reactive ketones (excluding diaryl/α,β-unsaturated/α-hetero) is 1. The van der Waals surface area contributed by atoms with Crippen LogP contribution in [0, 0.1) is 6.92 Å². The van der Waals surface area contributed by atoms with E-state index in [2.05, 4.69) is 10.3 Å². The van der Waals surface area contributed by atoms with Gasteiger partial charge in [-0.3, -0.25) is 9.59 Å². The van der Waals surface area contributed by atoms with Crippen LogP contribution in [-0.2, 0) is 4.79 Å². The normalized spacial score (nSPS) is 12.2. The van der Waals surface area contributed by atoms with Crippen LogP contribution in [0.4, 0.5) is 0 Å². The molecular weight excluding hydrogens is 200 g/mol. The third-order valence-electron chi connectivity index (χ3n) is 1.80. The van der Waals surface area contributed by atoms with Gasteiger partial charge in [-0.2, -0.15) is 0 Å². The Balaban J connectivity index is 2.63. The van der Waals surface area contributed by atoms with Crippen molar-refractivity contribution in [2.45, 2.75) is 26.8 Å². The molecule has 0 saturated carbocycles. The van der Waals surface area contributed by atoms with Crippen molar-refractivity contribution in [2.75, 3.05) is 0 Å². The van der Waals surface area contributed by atoms with E-state index in [1.165, 1.54) is 24.5 Å². The van der Waals surface area contributed by atoms with Gasteiger partial charge in [0, 0.05) is 0 Å². The molecule has 0 fully saturated rings. The lowest BCUT2D eigenvalue weighted by molar-refractivity contribution is -0.118. The molecule has 1 atom stereocenters. The van der Waals surface area contributed by atoms with Crippen molar-refractivity contribution in [3.8, 4) is 0 Å². The number of nitrogens with one attached hydrogen (secondary N) is 1. The van der Waals surface area contributed by atoms with E-state index in [0.29, 0.717) is 4.88 Å². The van der Waals surface area contributed by atoms with E-state index < -0.39 is 6.04 Å². The van der Waals surface area contributed by atoms with Crippen molar-refractivity contribution in [3.05, 3.63) is 16.1 Å². The summed E-state index contributed by atoms with van der Waals surface area (Å²) in [5.74, 6) is -0.294. The van der Waals surface area contributed by atoms with Crippen LogP contribution >= 0.6 is 11.3 Å². The third kappa shape index (κ3) is 2.63. The summed E-state index contributed by atoms with van der Waals surface area (Å²) in [6.45, 7) is 4.94. The maximum Gasteiger partial charge on any atom is 0.263 e. The summed E-state index contributed by atoms with van der Waals surface area (Å²) in [5, 5.41) is 3.43. The Morgan fingerprint density at radius 2 is 2.21 bits per heavy atom. The average Bonchev–Trinajstić information content (AvgIpc) is 2.51. The van der Waals surface area contributed by atoms with Gasteiger partial charge in [0.15, 0.2) is 5.78 Å². The van der Waals surface area contributed by atoms with Crippen molar-refractivity contribution in [3.63, 3.8) is 0 Å². The zero-order chi connectivity index (χ0) is 10.7. The summed E-state index contributed by atoms with van der Waals surface area (Å²) in [6, 6.07) is -0.440. The van der Waals surface area contributed by atoms with Crippen molar-refractivity contribution in [1.82, 2.24) is 10.3 Å². The van der Waals surface area contributed by atoms with E-state index in [1.54, 1.807) is 6.92 Å². The molecule has 1 aromatic rings. The Labute approximate surface area is 86.4 Å². The van der Waals surface area contributed by atoms with Crippen LogP contribution in [-0.4, -0.2) is 22.7 Å². The Bertz CT molecular complexity index is 359. The van der Waals surface area contributed by atoms with Gasteiger partial charge in [-0.1, -0.05) is 0 Å². The number of nitrogens with zero attached hydrogens (tertiary/aromatic N) is 1. The highest BCUT2D eigenvalue weighted by molar-refractivity contribution is 7.13. The Kier molecular flexibility index (Phi) is 3.35. The van der Waals surface area contributed by atoms with Gasteiger partial charge < -0.3 is 5.32 Å². The number of thiazole rings is 1. The fraction of sp³-hybridized carbons (Fsp3) is 0.444. The molecule has 76 valence electrons. The Morgan fingerprint density at radius 1 is 1.57 bits per heavy atom. The minimum absolute atomic E-state index is 0.0559. The molecule has 1 amide bonds. The number of carbonyl (C=O) groups excluding carboxylic acids is 2. The number of aryl methyl sites for hydroxylation is 1. The number of rotatable bonds is 3. The van der Waals surface area contributed by atoms with E-state index in [9.17, 15) is 9.59 Å². The summed E-state index contributed by atoms with van der Waals surface area (Å²) in [5.41, 5.74) is 0. The smallest absolute Gasteiger partial charge is 0.263 e. The number of hydrogen-bond acceptors (Lipinski definition) is 4. The molecular formula is C9H12N2O2S. The first kappa shape index (κ1) is 10.8. The maximum atomic E-state index is 11.5. The molecule has 4 nitrogen and oxygen atoms in total. The molecule has 0 bridgehead atoms. The molecule has 0 aromatic carbocycles. The topological polar surface area (TPSA) is 59.1 Å². The van der Waals surface area contributed by atoms with E-state index in [0.717, 1.165) is 5.01 Å². The first-order valence-corrected chi connectivity index (χ1v) is 5.06. The van der Waals surface area contributed by atoms with Crippen molar-refractivity contribution in [2.24, 2.45) is 0 Å².